The quantitative estimate of drug-likeness (QED) is 0.882. The molecule has 4 nitrogen and oxygen atoms in total. The molecular formula is C12H15FN4. The van der Waals surface area contributed by atoms with E-state index in [9.17, 15) is 4.39 Å². The van der Waals surface area contributed by atoms with Crippen molar-refractivity contribution in [3.05, 3.63) is 35.4 Å². The molecule has 0 aliphatic heterocycles. The van der Waals surface area contributed by atoms with E-state index in [4.69, 9.17) is 5.73 Å². The summed E-state index contributed by atoms with van der Waals surface area (Å²) in [6, 6.07) is 4.66. The van der Waals surface area contributed by atoms with Gasteiger partial charge >= 0.3 is 0 Å². The summed E-state index contributed by atoms with van der Waals surface area (Å²) in [5, 5.41) is 8.11. The molecule has 0 saturated heterocycles. The van der Waals surface area contributed by atoms with Crippen LogP contribution in [0.4, 0.5) is 4.39 Å². The molecule has 0 unspecified atom stereocenters. The predicted molar refractivity (Wildman–Crippen MR) is 63.7 cm³/mol. The van der Waals surface area contributed by atoms with Crippen LogP contribution in [-0.2, 0) is 13.1 Å². The molecule has 0 aliphatic carbocycles. The summed E-state index contributed by atoms with van der Waals surface area (Å²) in [5.74, 6) is 1.11. The maximum Gasteiger partial charge on any atom is 0.164 e. The molecule has 1 aromatic heterocycles. The first kappa shape index (κ1) is 11.7. The zero-order valence-corrected chi connectivity index (χ0v) is 9.94. The fourth-order valence-electron chi connectivity index (χ4n) is 1.85. The Balaban J connectivity index is 2.59. The smallest absolute Gasteiger partial charge is 0.164 e. The van der Waals surface area contributed by atoms with Gasteiger partial charge < -0.3 is 10.3 Å². The summed E-state index contributed by atoms with van der Waals surface area (Å²) in [4.78, 5) is 0. The number of rotatable bonds is 3. The lowest BCUT2D eigenvalue weighted by atomic mass is 10.1. The molecule has 0 bridgehead atoms. The van der Waals surface area contributed by atoms with Crippen molar-refractivity contribution in [2.24, 2.45) is 5.73 Å². The number of benzene rings is 1. The Morgan fingerprint density at radius 2 is 2.12 bits per heavy atom. The van der Waals surface area contributed by atoms with Crippen molar-refractivity contribution in [1.29, 1.82) is 0 Å². The molecule has 17 heavy (non-hydrogen) atoms. The molecule has 90 valence electrons. The van der Waals surface area contributed by atoms with Gasteiger partial charge in [0.25, 0.3) is 0 Å². The molecule has 0 saturated carbocycles. The van der Waals surface area contributed by atoms with Crippen molar-refractivity contribution in [3.8, 4) is 11.4 Å². The molecule has 0 atom stereocenters. The standard InChI is InChI=1S/C12H15FN4/c1-3-17-11(7-14)15-16-12(17)10-6-9(13)5-4-8(10)2/h4-6H,3,7,14H2,1-2H3. The Morgan fingerprint density at radius 3 is 2.76 bits per heavy atom. The first-order valence-electron chi connectivity index (χ1n) is 5.56. The summed E-state index contributed by atoms with van der Waals surface area (Å²) in [6.07, 6.45) is 0. The van der Waals surface area contributed by atoms with Crippen molar-refractivity contribution in [2.75, 3.05) is 0 Å². The minimum atomic E-state index is -0.273. The highest BCUT2D eigenvalue weighted by Gasteiger charge is 2.13. The summed E-state index contributed by atoms with van der Waals surface area (Å²) in [7, 11) is 0. The molecule has 0 amide bonds. The maximum absolute atomic E-state index is 13.3. The molecule has 0 radical (unpaired) electrons. The normalized spacial score (nSPS) is 10.8. The van der Waals surface area contributed by atoms with Gasteiger partial charge in [0.15, 0.2) is 5.82 Å². The van der Waals surface area contributed by atoms with Crippen LogP contribution in [0.2, 0.25) is 0 Å². The van der Waals surface area contributed by atoms with Crippen LogP contribution in [0.3, 0.4) is 0 Å². The number of aromatic nitrogens is 3. The third-order valence-electron chi connectivity index (χ3n) is 2.77. The number of hydrogen-bond donors (Lipinski definition) is 1. The Labute approximate surface area is 99.3 Å². The van der Waals surface area contributed by atoms with E-state index < -0.39 is 0 Å². The number of hydrogen-bond acceptors (Lipinski definition) is 3. The Morgan fingerprint density at radius 1 is 1.35 bits per heavy atom. The molecule has 0 fully saturated rings. The second-order valence-electron chi connectivity index (χ2n) is 3.85. The number of aryl methyl sites for hydroxylation is 1. The molecule has 2 aromatic rings. The number of halogens is 1. The van der Waals surface area contributed by atoms with Gasteiger partial charge in [-0.1, -0.05) is 6.07 Å². The minimum Gasteiger partial charge on any atom is -0.324 e. The largest absolute Gasteiger partial charge is 0.324 e. The van der Waals surface area contributed by atoms with Gasteiger partial charge in [-0.05, 0) is 31.5 Å². The second-order valence-corrected chi connectivity index (χ2v) is 3.85. The third-order valence-corrected chi connectivity index (χ3v) is 2.77. The van der Waals surface area contributed by atoms with Gasteiger partial charge in [0.05, 0.1) is 6.54 Å². The predicted octanol–water partition coefficient (Wildman–Crippen LogP) is 1.87. The van der Waals surface area contributed by atoms with Crippen molar-refractivity contribution in [2.45, 2.75) is 26.9 Å². The highest BCUT2D eigenvalue weighted by molar-refractivity contribution is 5.60. The lowest BCUT2D eigenvalue weighted by Gasteiger charge is -2.08. The molecule has 1 aromatic carbocycles. The van der Waals surface area contributed by atoms with Crippen molar-refractivity contribution in [3.63, 3.8) is 0 Å². The van der Waals surface area contributed by atoms with Gasteiger partial charge in [0, 0.05) is 12.1 Å². The fraction of sp³-hybridized carbons (Fsp3) is 0.333. The van der Waals surface area contributed by atoms with Gasteiger partial charge in [0.2, 0.25) is 0 Å². The van der Waals surface area contributed by atoms with Crippen LogP contribution < -0.4 is 5.73 Å². The maximum atomic E-state index is 13.3. The topological polar surface area (TPSA) is 56.7 Å². The lowest BCUT2D eigenvalue weighted by Crippen LogP contribution is -2.08. The first-order valence-corrected chi connectivity index (χ1v) is 5.56. The van der Waals surface area contributed by atoms with Crippen LogP contribution in [0.15, 0.2) is 18.2 Å². The Kier molecular flexibility index (Phi) is 3.19. The van der Waals surface area contributed by atoms with Gasteiger partial charge in [-0.2, -0.15) is 0 Å². The van der Waals surface area contributed by atoms with Crippen LogP contribution >= 0.6 is 0 Å². The molecule has 2 rings (SSSR count). The zero-order chi connectivity index (χ0) is 12.4. The number of nitrogens with two attached hydrogens (primary N) is 1. The van der Waals surface area contributed by atoms with Crippen molar-refractivity contribution < 1.29 is 4.39 Å². The lowest BCUT2D eigenvalue weighted by molar-refractivity contribution is 0.627. The zero-order valence-electron chi connectivity index (χ0n) is 9.94. The van der Waals surface area contributed by atoms with Crippen LogP contribution in [0, 0.1) is 12.7 Å². The van der Waals surface area contributed by atoms with Gasteiger partial charge in [0.1, 0.15) is 11.6 Å². The van der Waals surface area contributed by atoms with Crippen molar-refractivity contribution >= 4 is 0 Å². The SMILES string of the molecule is CCn1c(CN)nnc1-c1cc(F)ccc1C. The van der Waals surface area contributed by atoms with E-state index >= 15 is 0 Å². The van der Waals surface area contributed by atoms with Crippen LogP contribution in [-0.4, -0.2) is 14.8 Å². The Hall–Kier alpha value is -1.75. The van der Waals surface area contributed by atoms with E-state index in [1.165, 1.54) is 12.1 Å². The van der Waals surface area contributed by atoms with E-state index in [0.29, 0.717) is 24.7 Å². The van der Waals surface area contributed by atoms with Crippen LogP contribution in [0.1, 0.15) is 18.3 Å². The minimum absolute atomic E-state index is 0.273. The fourth-order valence-corrected chi connectivity index (χ4v) is 1.85. The van der Waals surface area contributed by atoms with Gasteiger partial charge in [-0.3, -0.25) is 0 Å². The highest BCUT2D eigenvalue weighted by atomic mass is 19.1. The monoisotopic (exact) mass is 234 g/mol. The highest BCUT2D eigenvalue weighted by Crippen LogP contribution is 2.23. The molecule has 0 aliphatic rings. The average molecular weight is 234 g/mol. The van der Waals surface area contributed by atoms with E-state index in [1.807, 2.05) is 18.4 Å². The molecule has 0 spiro atoms. The van der Waals surface area contributed by atoms with Crippen molar-refractivity contribution in [1.82, 2.24) is 14.8 Å². The van der Waals surface area contributed by atoms with E-state index in [0.717, 1.165) is 11.1 Å². The van der Waals surface area contributed by atoms with E-state index in [2.05, 4.69) is 10.2 Å². The van der Waals surface area contributed by atoms with Gasteiger partial charge in [-0.25, -0.2) is 4.39 Å². The van der Waals surface area contributed by atoms with Gasteiger partial charge in [-0.15, -0.1) is 10.2 Å². The summed E-state index contributed by atoms with van der Waals surface area (Å²) in [5.41, 5.74) is 7.32. The average Bonchev–Trinajstić information content (AvgIpc) is 2.74. The molecule has 1 heterocycles. The third kappa shape index (κ3) is 2.06. The van der Waals surface area contributed by atoms with E-state index in [-0.39, 0.29) is 5.82 Å². The first-order chi connectivity index (χ1) is 8.17. The molecule has 5 heteroatoms. The summed E-state index contributed by atoms with van der Waals surface area (Å²) in [6.45, 7) is 4.95. The van der Waals surface area contributed by atoms with Crippen LogP contribution in [0.5, 0.6) is 0 Å². The number of nitrogens with zero attached hydrogens (tertiary/aromatic N) is 3. The molecular weight excluding hydrogens is 219 g/mol. The molecule has 2 N–H and O–H groups in total. The summed E-state index contributed by atoms with van der Waals surface area (Å²) >= 11 is 0. The van der Waals surface area contributed by atoms with E-state index in [1.54, 1.807) is 6.07 Å². The van der Waals surface area contributed by atoms with Crippen LogP contribution in [0.25, 0.3) is 11.4 Å². The second kappa shape index (κ2) is 4.63. The Bertz CT molecular complexity index is 533. The summed E-state index contributed by atoms with van der Waals surface area (Å²) < 4.78 is 15.2.